The van der Waals surface area contributed by atoms with Crippen LogP contribution < -0.4 is 0 Å². The van der Waals surface area contributed by atoms with Crippen molar-refractivity contribution in [1.82, 2.24) is 14.5 Å². The van der Waals surface area contributed by atoms with Gasteiger partial charge in [-0.15, -0.1) is 0 Å². The maximum absolute atomic E-state index is 7.81. The first-order valence-corrected chi connectivity index (χ1v) is 21.2. The lowest BCUT2D eigenvalue weighted by Crippen LogP contribution is -1.93. The van der Waals surface area contributed by atoms with E-state index in [-0.39, 0.29) is 0 Å². The molecule has 13 rings (SSSR count). The summed E-state index contributed by atoms with van der Waals surface area (Å²) in [5.74, 6) is 0. The van der Waals surface area contributed by atoms with Crippen LogP contribution in [0.25, 0.3) is 131 Å². The van der Waals surface area contributed by atoms with Crippen molar-refractivity contribution in [3.8, 4) is 61.6 Å². The van der Waals surface area contributed by atoms with Crippen molar-refractivity contribution in [2.45, 2.75) is 0 Å². The molecule has 0 unspecified atom stereocenters. The summed E-state index contributed by atoms with van der Waals surface area (Å²) in [6, 6.07) is 69.8. The Morgan fingerprint density at radius 2 is 0.746 bits per heavy atom. The fraction of sp³-hybridized carbons (Fsp3) is 0. The topological polar surface area (TPSA) is 35.1 Å². The molecule has 0 radical (unpaired) electrons. The summed E-state index contributed by atoms with van der Waals surface area (Å²) in [6.07, 6.45) is 3.70. The van der Waals surface area contributed by atoms with Crippen LogP contribution in [0, 0.1) is 6.57 Å². The number of hydrogen-bond acceptors (Lipinski definition) is 2. The molecule has 4 heteroatoms. The Labute approximate surface area is 363 Å². The van der Waals surface area contributed by atoms with Crippen LogP contribution in [0.3, 0.4) is 0 Å². The predicted octanol–water partition coefficient (Wildman–Crippen LogP) is 15.9. The van der Waals surface area contributed by atoms with Gasteiger partial charge in [-0.05, 0) is 180 Å². The van der Waals surface area contributed by atoms with E-state index in [1.54, 1.807) is 0 Å². The molecule has 0 spiro atoms. The first kappa shape index (κ1) is 35.1. The largest absolute Gasteiger partial charge is 0.310 e. The average molecular weight is 799 g/mol. The summed E-state index contributed by atoms with van der Waals surface area (Å²) in [5.41, 5.74) is 14.9. The summed E-state index contributed by atoms with van der Waals surface area (Å²) in [7, 11) is 0. The standard InChI is InChI=1S/C59H34N4/c1-60-50-33-43-22-21-42-29-47(34-54-58(42)59(43)55(35-50)63(54)51-9-3-2-4-10-51)37-15-13-36(14-16-37)44-25-38-17-19-40-27-45(28-41-20-18-39(26-44)56(38)57(40)41)46-30-48(52-11-5-7-23-61-52)32-49(31-46)53-12-6-8-24-62-53/h2-35H. The van der Waals surface area contributed by atoms with Crippen LogP contribution in [0.1, 0.15) is 0 Å². The highest BCUT2D eigenvalue weighted by atomic mass is 15.0. The van der Waals surface area contributed by atoms with Gasteiger partial charge in [0.1, 0.15) is 0 Å². The lowest BCUT2D eigenvalue weighted by Gasteiger charge is -2.16. The molecule has 0 bridgehead atoms. The first-order chi connectivity index (χ1) is 31.1. The van der Waals surface area contributed by atoms with E-state index >= 15 is 0 Å². The van der Waals surface area contributed by atoms with Gasteiger partial charge in [-0.3, -0.25) is 9.97 Å². The number of rotatable bonds is 6. The molecule has 0 saturated carbocycles. The fourth-order valence-corrected chi connectivity index (χ4v) is 10.0. The van der Waals surface area contributed by atoms with Gasteiger partial charge in [0, 0.05) is 45.5 Å². The Balaban J connectivity index is 0.888. The minimum Gasteiger partial charge on any atom is -0.310 e. The van der Waals surface area contributed by atoms with Crippen LogP contribution in [-0.2, 0) is 0 Å². The summed E-state index contributed by atoms with van der Waals surface area (Å²) < 4.78 is 2.32. The maximum atomic E-state index is 7.81. The SMILES string of the molecule is [C-]#[N+]c1cc2ccc3cc(-c4ccc(-c5cc6ccc7cc(-c8cc(-c9ccccn9)cc(-c9ccccn9)c8)cc8ccc(c5)c6c78)cc4)cc4c3c2c(c1)n4-c1ccccc1. The van der Waals surface area contributed by atoms with Crippen molar-refractivity contribution in [1.29, 1.82) is 0 Å². The monoisotopic (exact) mass is 798 g/mol. The molecule has 0 N–H and O–H groups in total. The molecule has 63 heavy (non-hydrogen) atoms. The van der Waals surface area contributed by atoms with E-state index in [0.29, 0.717) is 5.69 Å². The molecule has 0 saturated heterocycles. The van der Waals surface area contributed by atoms with E-state index in [1.807, 2.05) is 54.9 Å². The molecule has 3 heterocycles. The van der Waals surface area contributed by atoms with Crippen LogP contribution in [0.15, 0.2) is 207 Å². The van der Waals surface area contributed by atoms with Crippen LogP contribution in [0.2, 0.25) is 0 Å². The van der Waals surface area contributed by atoms with Crippen molar-refractivity contribution in [2.75, 3.05) is 0 Å². The fourth-order valence-electron chi connectivity index (χ4n) is 10.0. The lowest BCUT2D eigenvalue weighted by molar-refractivity contribution is 1.18. The average Bonchev–Trinajstić information content (AvgIpc) is 3.69. The number of nitrogens with zero attached hydrogens (tertiary/aromatic N) is 4. The summed E-state index contributed by atoms with van der Waals surface area (Å²) in [5, 5.41) is 12.2. The molecule has 3 aromatic heterocycles. The Morgan fingerprint density at radius 1 is 0.333 bits per heavy atom. The van der Waals surface area contributed by atoms with Crippen LogP contribution in [-0.4, -0.2) is 14.5 Å². The van der Waals surface area contributed by atoms with Crippen LogP contribution >= 0.6 is 0 Å². The molecule has 0 aliphatic carbocycles. The van der Waals surface area contributed by atoms with E-state index in [2.05, 4.69) is 161 Å². The third kappa shape index (κ3) is 5.61. The minimum absolute atomic E-state index is 0.650. The number of para-hydroxylation sites is 1. The Morgan fingerprint density at radius 3 is 1.24 bits per heavy atom. The van der Waals surface area contributed by atoms with Gasteiger partial charge in [0.25, 0.3) is 0 Å². The molecule has 0 aliphatic heterocycles. The summed E-state index contributed by atoms with van der Waals surface area (Å²) in [4.78, 5) is 13.2. The second-order valence-electron chi connectivity index (χ2n) is 16.5. The molecular formula is C59H34N4. The zero-order chi connectivity index (χ0) is 41.6. The summed E-state index contributed by atoms with van der Waals surface area (Å²) in [6.45, 7) is 7.81. The maximum Gasteiger partial charge on any atom is 0.189 e. The van der Waals surface area contributed by atoms with Crippen molar-refractivity contribution in [2.24, 2.45) is 0 Å². The number of benzene rings is 10. The van der Waals surface area contributed by atoms with E-state index in [4.69, 9.17) is 16.5 Å². The first-order valence-electron chi connectivity index (χ1n) is 21.2. The third-order valence-electron chi connectivity index (χ3n) is 12.9. The molecule has 0 amide bonds. The van der Waals surface area contributed by atoms with Gasteiger partial charge in [0.15, 0.2) is 5.69 Å². The zero-order valence-electron chi connectivity index (χ0n) is 33.9. The molecule has 4 nitrogen and oxygen atoms in total. The molecule has 0 aliphatic rings. The summed E-state index contributed by atoms with van der Waals surface area (Å²) >= 11 is 0. The van der Waals surface area contributed by atoms with Gasteiger partial charge < -0.3 is 4.57 Å². The van der Waals surface area contributed by atoms with E-state index < -0.39 is 0 Å². The number of aromatic nitrogens is 3. The van der Waals surface area contributed by atoms with Crippen molar-refractivity contribution in [3.05, 3.63) is 218 Å². The molecule has 0 fully saturated rings. The van der Waals surface area contributed by atoms with Gasteiger partial charge in [-0.2, -0.15) is 0 Å². The molecular weight excluding hydrogens is 765 g/mol. The van der Waals surface area contributed by atoms with Gasteiger partial charge in [-0.1, -0.05) is 91.0 Å². The molecule has 13 aromatic rings. The quantitative estimate of drug-likeness (QED) is 0.124. The van der Waals surface area contributed by atoms with Crippen LogP contribution in [0.5, 0.6) is 0 Å². The van der Waals surface area contributed by atoms with E-state index in [1.165, 1.54) is 59.6 Å². The smallest absolute Gasteiger partial charge is 0.189 e. The van der Waals surface area contributed by atoms with Gasteiger partial charge in [-0.25, -0.2) is 4.85 Å². The van der Waals surface area contributed by atoms with Gasteiger partial charge in [0.05, 0.1) is 23.5 Å². The highest BCUT2D eigenvalue weighted by Gasteiger charge is 2.20. The van der Waals surface area contributed by atoms with Crippen molar-refractivity contribution < 1.29 is 0 Å². The Hall–Kier alpha value is -8.65. The lowest BCUT2D eigenvalue weighted by atomic mass is 9.88. The third-order valence-corrected chi connectivity index (χ3v) is 12.9. The Kier molecular flexibility index (Phi) is 7.63. The Bertz CT molecular complexity index is 3810. The second kappa shape index (κ2) is 13.7. The van der Waals surface area contributed by atoms with E-state index in [9.17, 15) is 0 Å². The molecule has 0 atom stereocenters. The normalized spacial score (nSPS) is 11.8. The highest BCUT2D eigenvalue weighted by Crippen LogP contribution is 2.44. The highest BCUT2D eigenvalue weighted by molar-refractivity contribution is 6.26. The van der Waals surface area contributed by atoms with Gasteiger partial charge in [0.2, 0.25) is 0 Å². The number of pyridine rings is 2. The van der Waals surface area contributed by atoms with Gasteiger partial charge >= 0.3 is 0 Å². The van der Waals surface area contributed by atoms with E-state index in [0.717, 1.165) is 66.9 Å². The number of hydrogen-bond donors (Lipinski definition) is 0. The predicted molar refractivity (Wildman–Crippen MR) is 262 cm³/mol. The van der Waals surface area contributed by atoms with Crippen molar-refractivity contribution in [3.63, 3.8) is 0 Å². The second-order valence-corrected chi connectivity index (χ2v) is 16.5. The molecule has 10 aromatic carbocycles. The minimum atomic E-state index is 0.650. The van der Waals surface area contributed by atoms with Crippen LogP contribution in [0.4, 0.5) is 5.69 Å². The molecule has 290 valence electrons. The zero-order valence-corrected chi connectivity index (χ0v) is 33.9. The van der Waals surface area contributed by atoms with Crippen molar-refractivity contribution >= 4 is 70.6 Å².